The summed E-state index contributed by atoms with van der Waals surface area (Å²) < 4.78 is 5.62. The van der Waals surface area contributed by atoms with Gasteiger partial charge in [0.1, 0.15) is 5.75 Å². The summed E-state index contributed by atoms with van der Waals surface area (Å²) >= 11 is 0. The van der Waals surface area contributed by atoms with Crippen molar-refractivity contribution < 1.29 is 9.84 Å². The highest BCUT2D eigenvalue weighted by Gasteiger charge is 2.20. The molecule has 0 atom stereocenters. The molecule has 0 radical (unpaired) electrons. The van der Waals surface area contributed by atoms with Gasteiger partial charge in [0, 0.05) is 26.3 Å². The Labute approximate surface area is 155 Å². The Balaban J connectivity index is 0.00000264. The van der Waals surface area contributed by atoms with Crippen molar-refractivity contribution in [2.45, 2.75) is 32.7 Å². The molecule has 1 fully saturated rings. The Hall–Kier alpha value is -1.02. The third-order valence-corrected chi connectivity index (χ3v) is 3.51. The zero-order chi connectivity index (χ0) is 15.6. The van der Waals surface area contributed by atoms with Crippen LogP contribution in [0.3, 0.4) is 0 Å². The molecule has 0 aliphatic heterocycles. The van der Waals surface area contributed by atoms with Gasteiger partial charge in [-0.15, -0.1) is 24.0 Å². The number of nitrogens with zero attached hydrogens (tertiary/aromatic N) is 1. The van der Waals surface area contributed by atoms with Gasteiger partial charge in [-0.25, -0.2) is 4.99 Å². The highest BCUT2D eigenvalue weighted by molar-refractivity contribution is 14.0. The Morgan fingerprint density at radius 2 is 2.00 bits per heavy atom. The quantitative estimate of drug-likeness (QED) is 0.243. The topological polar surface area (TPSA) is 65.9 Å². The van der Waals surface area contributed by atoms with Gasteiger partial charge >= 0.3 is 0 Å². The van der Waals surface area contributed by atoms with Crippen molar-refractivity contribution in [1.82, 2.24) is 10.6 Å². The monoisotopic (exact) mass is 433 g/mol. The summed E-state index contributed by atoms with van der Waals surface area (Å²) in [7, 11) is 0. The lowest BCUT2D eigenvalue weighted by Crippen LogP contribution is -2.38. The molecule has 1 aliphatic carbocycles. The third kappa shape index (κ3) is 9.00. The van der Waals surface area contributed by atoms with E-state index in [1.54, 1.807) is 12.1 Å². The molecule has 0 bridgehead atoms. The minimum atomic E-state index is 0. The Morgan fingerprint density at radius 3 is 2.65 bits per heavy atom. The highest BCUT2D eigenvalue weighted by Crippen LogP contribution is 2.28. The van der Waals surface area contributed by atoms with E-state index in [-0.39, 0.29) is 29.7 Å². The number of nitrogens with one attached hydrogen (secondary N) is 2. The van der Waals surface area contributed by atoms with Gasteiger partial charge in [0.25, 0.3) is 0 Å². The average molecular weight is 433 g/mol. The largest absolute Gasteiger partial charge is 0.508 e. The molecule has 1 aliphatic rings. The average Bonchev–Trinajstić information content (AvgIpc) is 3.34. The molecule has 1 aromatic rings. The first-order chi connectivity index (χ1) is 10.8. The lowest BCUT2D eigenvalue weighted by atomic mass is 10.2. The van der Waals surface area contributed by atoms with Crippen LogP contribution in [0.2, 0.25) is 0 Å². The van der Waals surface area contributed by atoms with E-state index >= 15 is 0 Å². The van der Waals surface area contributed by atoms with Crippen molar-refractivity contribution in [3.8, 4) is 5.75 Å². The molecule has 0 unspecified atom stereocenters. The second kappa shape index (κ2) is 11.5. The van der Waals surface area contributed by atoms with Gasteiger partial charge in [-0.3, -0.25) is 0 Å². The SMILES string of the molecule is CCNC(=NCc1ccc(O)cc1)NCCCOCC1CC1.I. The number of ether oxygens (including phenoxy) is 1. The number of phenols is 1. The molecule has 0 saturated heterocycles. The lowest BCUT2D eigenvalue weighted by Gasteiger charge is -2.11. The summed E-state index contributed by atoms with van der Waals surface area (Å²) in [6.07, 6.45) is 3.66. The van der Waals surface area contributed by atoms with Gasteiger partial charge in [-0.1, -0.05) is 12.1 Å². The molecule has 1 saturated carbocycles. The number of hydrogen-bond donors (Lipinski definition) is 3. The number of benzene rings is 1. The van der Waals surface area contributed by atoms with Crippen LogP contribution >= 0.6 is 24.0 Å². The van der Waals surface area contributed by atoms with Crippen LogP contribution in [0.5, 0.6) is 5.75 Å². The molecule has 2 rings (SSSR count). The van der Waals surface area contributed by atoms with Gasteiger partial charge in [-0.2, -0.15) is 0 Å². The molecule has 1 aromatic carbocycles. The van der Waals surface area contributed by atoms with E-state index < -0.39 is 0 Å². The molecule has 6 heteroatoms. The number of aromatic hydroxyl groups is 1. The van der Waals surface area contributed by atoms with Gasteiger partial charge in [0.2, 0.25) is 0 Å². The smallest absolute Gasteiger partial charge is 0.191 e. The van der Waals surface area contributed by atoms with Crippen LogP contribution in [0, 0.1) is 5.92 Å². The van der Waals surface area contributed by atoms with Gasteiger partial charge in [0.15, 0.2) is 5.96 Å². The van der Waals surface area contributed by atoms with Crippen LogP contribution in [0.1, 0.15) is 31.7 Å². The summed E-state index contributed by atoms with van der Waals surface area (Å²) in [5.41, 5.74) is 1.07. The van der Waals surface area contributed by atoms with Crippen molar-refractivity contribution in [2.24, 2.45) is 10.9 Å². The second-order valence-electron chi connectivity index (χ2n) is 5.66. The van der Waals surface area contributed by atoms with E-state index in [9.17, 15) is 5.11 Å². The summed E-state index contributed by atoms with van der Waals surface area (Å²) in [4.78, 5) is 4.54. The summed E-state index contributed by atoms with van der Waals surface area (Å²) in [6.45, 7) is 6.06. The lowest BCUT2D eigenvalue weighted by molar-refractivity contribution is 0.123. The minimum absolute atomic E-state index is 0. The van der Waals surface area contributed by atoms with E-state index in [1.807, 2.05) is 12.1 Å². The predicted octanol–water partition coefficient (Wildman–Crippen LogP) is 2.88. The molecule has 23 heavy (non-hydrogen) atoms. The minimum Gasteiger partial charge on any atom is -0.508 e. The maximum atomic E-state index is 9.27. The van der Waals surface area contributed by atoms with Crippen LogP contribution < -0.4 is 10.6 Å². The first kappa shape index (κ1) is 20.0. The number of hydrogen-bond acceptors (Lipinski definition) is 3. The molecule has 0 heterocycles. The third-order valence-electron chi connectivity index (χ3n) is 3.51. The second-order valence-corrected chi connectivity index (χ2v) is 5.66. The zero-order valence-corrected chi connectivity index (χ0v) is 16.1. The molecule has 0 aromatic heterocycles. The molecule has 3 N–H and O–H groups in total. The van der Waals surface area contributed by atoms with Crippen molar-refractivity contribution in [1.29, 1.82) is 0 Å². The fourth-order valence-electron chi connectivity index (χ4n) is 2.03. The fourth-order valence-corrected chi connectivity index (χ4v) is 2.03. The van der Waals surface area contributed by atoms with Crippen LogP contribution in [0.25, 0.3) is 0 Å². The van der Waals surface area contributed by atoms with Gasteiger partial charge < -0.3 is 20.5 Å². The predicted molar refractivity (Wildman–Crippen MR) is 105 cm³/mol. The summed E-state index contributed by atoms with van der Waals surface area (Å²) in [6, 6.07) is 7.13. The Morgan fingerprint density at radius 1 is 1.26 bits per heavy atom. The number of guanidine groups is 1. The van der Waals surface area contributed by atoms with Crippen molar-refractivity contribution in [3.63, 3.8) is 0 Å². The number of rotatable bonds is 9. The van der Waals surface area contributed by atoms with E-state index in [0.29, 0.717) is 6.54 Å². The summed E-state index contributed by atoms with van der Waals surface area (Å²) in [5, 5.41) is 15.8. The van der Waals surface area contributed by atoms with Crippen molar-refractivity contribution in [2.75, 3.05) is 26.3 Å². The van der Waals surface area contributed by atoms with Crippen molar-refractivity contribution >= 4 is 29.9 Å². The van der Waals surface area contributed by atoms with Crippen molar-refractivity contribution in [3.05, 3.63) is 29.8 Å². The maximum Gasteiger partial charge on any atom is 0.191 e. The molecule has 0 amide bonds. The molecule has 5 nitrogen and oxygen atoms in total. The maximum absolute atomic E-state index is 9.27. The standard InChI is InChI=1S/C17H27N3O2.HI/c1-2-18-17(19-10-3-11-22-13-15-4-5-15)20-12-14-6-8-16(21)9-7-14;/h6-9,15,21H,2-5,10-13H2,1H3,(H2,18,19,20);1H. The van der Waals surface area contributed by atoms with E-state index in [2.05, 4.69) is 22.5 Å². The first-order valence-electron chi connectivity index (χ1n) is 8.15. The van der Waals surface area contributed by atoms with E-state index in [1.165, 1.54) is 12.8 Å². The van der Waals surface area contributed by atoms with Crippen LogP contribution in [0.15, 0.2) is 29.3 Å². The molecular weight excluding hydrogens is 405 g/mol. The van der Waals surface area contributed by atoms with Gasteiger partial charge in [0.05, 0.1) is 6.54 Å². The zero-order valence-electron chi connectivity index (χ0n) is 13.8. The fraction of sp³-hybridized carbons (Fsp3) is 0.588. The number of phenolic OH excluding ortho intramolecular Hbond substituents is 1. The van der Waals surface area contributed by atoms with Crippen LogP contribution in [-0.4, -0.2) is 37.4 Å². The highest BCUT2D eigenvalue weighted by atomic mass is 127. The molecule has 130 valence electrons. The Bertz CT molecular complexity index is 461. The normalized spacial score (nSPS) is 14.2. The van der Waals surface area contributed by atoms with Gasteiger partial charge in [-0.05, 0) is 49.8 Å². The molecule has 0 spiro atoms. The number of halogens is 1. The van der Waals surface area contributed by atoms with Crippen LogP contribution in [-0.2, 0) is 11.3 Å². The molecular formula is C17H28IN3O2. The summed E-state index contributed by atoms with van der Waals surface area (Å²) in [5.74, 6) is 1.93. The van der Waals surface area contributed by atoms with E-state index in [4.69, 9.17) is 4.74 Å². The number of aliphatic imine (C=N–C) groups is 1. The Kier molecular flexibility index (Phi) is 10.0. The van der Waals surface area contributed by atoms with Crippen LogP contribution in [0.4, 0.5) is 0 Å². The first-order valence-corrected chi connectivity index (χ1v) is 8.15. The van der Waals surface area contributed by atoms with E-state index in [0.717, 1.165) is 50.2 Å².